The first-order chi connectivity index (χ1) is 20.9. The van der Waals surface area contributed by atoms with Crippen LogP contribution >= 0.6 is 0 Å². The molecule has 1 unspecified atom stereocenters. The van der Waals surface area contributed by atoms with E-state index in [4.69, 9.17) is 0 Å². The maximum absolute atomic E-state index is 14.3. The number of aromatic nitrogens is 2. The van der Waals surface area contributed by atoms with Crippen molar-refractivity contribution >= 4 is 34.3 Å². The Labute approximate surface area is 250 Å². The van der Waals surface area contributed by atoms with E-state index in [-0.39, 0.29) is 30.2 Å². The fraction of sp³-hybridized carbons (Fsp3) is 0.353. The van der Waals surface area contributed by atoms with Crippen LogP contribution in [0.4, 0.5) is 5.69 Å². The molecule has 3 aliphatic heterocycles. The van der Waals surface area contributed by atoms with Crippen molar-refractivity contribution in [3.8, 4) is 0 Å². The van der Waals surface area contributed by atoms with Crippen LogP contribution in [0.3, 0.4) is 0 Å². The number of carbonyl (C=O) groups excluding carboxylic acids is 3. The van der Waals surface area contributed by atoms with Gasteiger partial charge in [0.25, 0.3) is 0 Å². The van der Waals surface area contributed by atoms with Crippen molar-refractivity contribution in [2.45, 2.75) is 45.3 Å². The summed E-state index contributed by atoms with van der Waals surface area (Å²) in [6, 6.07) is 21.8. The molecule has 0 bridgehead atoms. The number of nitrogens with zero attached hydrogens (tertiary/aromatic N) is 4. The lowest BCUT2D eigenvalue weighted by Gasteiger charge is -2.41. The number of piperazine rings is 1. The SMILES string of the molecule is C[C@@]1(CC(=O)N2CCN(C3Cc4ccccc4NC3=O)CC2)Cc2ccc3[nH]ncc3c2CN(Cc2ccccc2)C1=O. The summed E-state index contributed by atoms with van der Waals surface area (Å²) in [4.78, 5) is 47.0. The van der Waals surface area contributed by atoms with E-state index in [1.165, 1.54) is 0 Å². The summed E-state index contributed by atoms with van der Waals surface area (Å²) in [7, 11) is 0. The Hall–Kier alpha value is -4.50. The van der Waals surface area contributed by atoms with Gasteiger partial charge in [0, 0.05) is 56.8 Å². The number of nitrogens with one attached hydrogen (secondary N) is 2. The minimum absolute atomic E-state index is 0.00581. The van der Waals surface area contributed by atoms with Gasteiger partial charge in [-0.25, -0.2) is 0 Å². The van der Waals surface area contributed by atoms with Gasteiger partial charge in [0.2, 0.25) is 17.7 Å². The highest BCUT2D eigenvalue weighted by Crippen LogP contribution is 2.38. The van der Waals surface area contributed by atoms with E-state index >= 15 is 0 Å². The van der Waals surface area contributed by atoms with Crippen LogP contribution in [0.25, 0.3) is 10.9 Å². The Morgan fingerprint density at radius 3 is 2.53 bits per heavy atom. The number of rotatable bonds is 5. The van der Waals surface area contributed by atoms with Crippen LogP contribution in [0, 0.1) is 5.41 Å². The number of hydrogen-bond donors (Lipinski definition) is 2. The second kappa shape index (κ2) is 11.0. The van der Waals surface area contributed by atoms with Crippen LogP contribution in [-0.2, 0) is 40.3 Å². The molecule has 2 N–H and O–H groups in total. The van der Waals surface area contributed by atoms with Gasteiger partial charge in [-0.15, -0.1) is 0 Å². The number of benzene rings is 3. The number of fused-ring (bicyclic) bond motifs is 4. The first-order valence-corrected chi connectivity index (χ1v) is 15.1. The lowest BCUT2D eigenvalue weighted by molar-refractivity contribution is -0.148. The molecule has 220 valence electrons. The molecule has 4 aromatic rings. The topological polar surface area (TPSA) is 102 Å². The van der Waals surface area contributed by atoms with Crippen molar-refractivity contribution in [1.29, 1.82) is 0 Å². The molecule has 3 aliphatic rings. The maximum atomic E-state index is 14.3. The Kier molecular flexibility index (Phi) is 6.97. The molecular formula is C34H36N6O3. The Balaban J connectivity index is 1.09. The summed E-state index contributed by atoms with van der Waals surface area (Å²) in [6.45, 7) is 5.20. The average molecular weight is 577 g/mol. The highest BCUT2D eigenvalue weighted by atomic mass is 16.2. The molecular weight excluding hydrogens is 540 g/mol. The fourth-order valence-electron chi connectivity index (χ4n) is 7.04. The monoisotopic (exact) mass is 576 g/mol. The largest absolute Gasteiger partial charge is 0.340 e. The third-order valence-electron chi connectivity index (χ3n) is 9.42. The number of hydrogen-bond acceptors (Lipinski definition) is 5. The van der Waals surface area contributed by atoms with Crippen LogP contribution in [-0.4, -0.2) is 74.8 Å². The van der Waals surface area contributed by atoms with E-state index in [0.717, 1.165) is 38.8 Å². The zero-order chi connectivity index (χ0) is 29.6. The van der Waals surface area contributed by atoms with Gasteiger partial charge in [-0.1, -0.05) is 54.6 Å². The molecule has 2 atom stereocenters. The van der Waals surface area contributed by atoms with Crippen LogP contribution in [0.2, 0.25) is 0 Å². The molecule has 9 nitrogen and oxygen atoms in total. The number of amides is 3. The summed E-state index contributed by atoms with van der Waals surface area (Å²) in [5, 5.41) is 11.4. The Bertz CT molecular complexity index is 1690. The molecule has 43 heavy (non-hydrogen) atoms. The normalized spacial score (nSPS) is 22.6. The first-order valence-electron chi connectivity index (χ1n) is 15.1. The Morgan fingerprint density at radius 1 is 0.953 bits per heavy atom. The van der Waals surface area contributed by atoms with Gasteiger partial charge < -0.3 is 15.1 Å². The molecule has 3 aromatic carbocycles. The van der Waals surface area contributed by atoms with E-state index < -0.39 is 5.41 Å². The van der Waals surface area contributed by atoms with Crippen molar-refractivity contribution in [2.75, 3.05) is 31.5 Å². The molecule has 0 saturated carbocycles. The first kappa shape index (κ1) is 27.3. The summed E-state index contributed by atoms with van der Waals surface area (Å²) >= 11 is 0. The molecule has 1 saturated heterocycles. The van der Waals surface area contributed by atoms with Crippen LogP contribution in [0.1, 0.15) is 35.6 Å². The molecule has 0 radical (unpaired) electrons. The third-order valence-corrected chi connectivity index (χ3v) is 9.42. The third kappa shape index (κ3) is 5.18. The predicted octanol–water partition coefficient (Wildman–Crippen LogP) is 3.75. The predicted molar refractivity (Wildman–Crippen MR) is 164 cm³/mol. The lowest BCUT2D eigenvalue weighted by Crippen LogP contribution is -2.57. The van der Waals surface area contributed by atoms with Gasteiger partial charge in [0.15, 0.2) is 0 Å². The highest BCUT2D eigenvalue weighted by molar-refractivity contribution is 5.98. The number of carbonyl (C=O) groups is 3. The lowest BCUT2D eigenvalue weighted by atomic mass is 9.78. The smallest absolute Gasteiger partial charge is 0.242 e. The standard InChI is InChI=1S/C34H36N6O3/c1-34(19-31(41)39-15-13-38(14-16-39)30-17-24-9-5-6-10-28(24)36-32(30)42)18-25-11-12-29-26(20-35-37-29)27(25)22-40(33(34)43)21-23-7-3-2-4-8-23/h2-12,20,30H,13-19,21-22H2,1H3,(H,35,37)(H,36,42)/t30?,34-/m0/s1. The molecule has 0 aliphatic carbocycles. The van der Waals surface area contributed by atoms with E-state index in [2.05, 4.69) is 32.5 Å². The van der Waals surface area contributed by atoms with Gasteiger partial charge >= 0.3 is 0 Å². The molecule has 3 amide bonds. The van der Waals surface area contributed by atoms with Gasteiger partial charge in [0.1, 0.15) is 0 Å². The van der Waals surface area contributed by atoms with Crippen molar-refractivity contribution in [1.82, 2.24) is 24.9 Å². The van der Waals surface area contributed by atoms with E-state index in [1.54, 1.807) is 0 Å². The second-order valence-electron chi connectivity index (χ2n) is 12.4. The number of aromatic amines is 1. The van der Waals surface area contributed by atoms with Crippen LogP contribution in [0.15, 0.2) is 72.9 Å². The molecule has 4 heterocycles. The minimum atomic E-state index is -0.890. The van der Waals surface area contributed by atoms with E-state index in [1.807, 2.05) is 77.5 Å². The number of para-hydroxylation sites is 1. The molecule has 0 spiro atoms. The van der Waals surface area contributed by atoms with Gasteiger partial charge in [0.05, 0.1) is 23.2 Å². The van der Waals surface area contributed by atoms with Gasteiger partial charge in [-0.2, -0.15) is 5.10 Å². The average Bonchev–Trinajstić information content (AvgIpc) is 3.47. The van der Waals surface area contributed by atoms with Gasteiger partial charge in [-0.3, -0.25) is 24.4 Å². The van der Waals surface area contributed by atoms with Crippen LogP contribution in [0.5, 0.6) is 0 Å². The zero-order valence-electron chi connectivity index (χ0n) is 24.4. The van der Waals surface area contributed by atoms with Crippen molar-refractivity contribution in [2.24, 2.45) is 5.41 Å². The molecule has 1 fully saturated rings. The van der Waals surface area contributed by atoms with E-state index in [0.29, 0.717) is 52.1 Å². The Morgan fingerprint density at radius 2 is 1.72 bits per heavy atom. The van der Waals surface area contributed by atoms with E-state index in [9.17, 15) is 14.4 Å². The molecule has 7 rings (SSSR count). The maximum Gasteiger partial charge on any atom is 0.242 e. The zero-order valence-corrected chi connectivity index (χ0v) is 24.4. The number of H-pyrrole nitrogens is 1. The number of anilines is 1. The summed E-state index contributed by atoms with van der Waals surface area (Å²) < 4.78 is 0. The van der Waals surface area contributed by atoms with Gasteiger partial charge in [-0.05, 0) is 54.2 Å². The summed E-state index contributed by atoms with van der Waals surface area (Å²) in [5.41, 5.74) is 5.30. The van der Waals surface area contributed by atoms with Crippen molar-refractivity contribution in [3.05, 3.63) is 95.2 Å². The summed E-state index contributed by atoms with van der Waals surface area (Å²) in [5.74, 6) is -0.00545. The quantitative estimate of drug-likeness (QED) is 0.377. The molecule has 1 aromatic heterocycles. The van der Waals surface area contributed by atoms with Crippen LogP contribution < -0.4 is 5.32 Å². The highest BCUT2D eigenvalue weighted by Gasteiger charge is 2.43. The fourth-order valence-corrected chi connectivity index (χ4v) is 7.04. The van der Waals surface area contributed by atoms with Crippen molar-refractivity contribution < 1.29 is 14.4 Å². The summed E-state index contributed by atoms with van der Waals surface area (Å²) in [6.07, 6.45) is 3.12. The minimum Gasteiger partial charge on any atom is -0.340 e. The van der Waals surface area contributed by atoms with Crippen molar-refractivity contribution in [3.63, 3.8) is 0 Å². The second-order valence-corrected chi connectivity index (χ2v) is 12.4. The molecule has 9 heteroatoms.